The Morgan fingerprint density at radius 1 is 1.44 bits per heavy atom. The van der Waals surface area contributed by atoms with Gasteiger partial charge in [-0.3, -0.25) is 0 Å². The summed E-state index contributed by atoms with van der Waals surface area (Å²) >= 11 is 3.69. The van der Waals surface area contributed by atoms with Gasteiger partial charge in [-0.1, -0.05) is 6.07 Å². The van der Waals surface area contributed by atoms with Crippen LogP contribution in [-0.4, -0.2) is 10.9 Å². The van der Waals surface area contributed by atoms with Gasteiger partial charge < -0.3 is 10.1 Å². The standard InChI is InChI=1S/C13H15BrN2/c1-9-11(14)10-4-2-3-7-16(10)12(9)13(8-15)5-6-13/h2-4,7H,5-6,8,15H2,1H3. The van der Waals surface area contributed by atoms with E-state index in [4.69, 9.17) is 5.73 Å². The third kappa shape index (κ3) is 1.22. The SMILES string of the molecule is Cc1c(Br)c2ccccn2c1C1(CN)CC1. The lowest BCUT2D eigenvalue weighted by atomic mass is 10.00. The molecule has 3 heteroatoms. The van der Waals surface area contributed by atoms with E-state index in [9.17, 15) is 0 Å². The highest BCUT2D eigenvalue weighted by Gasteiger charge is 2.46. The van der Waals surface area contributed by atoms with Gasteiger partial charge in [0.1, 0.15) is 0 Å². The average molecular weight is 279 g/mol. The van der Waals surface area contributed by atoms with Crippen molar-refractivity contribution in [2.24, 2.45) is 5.73 Å². The molecule has 0 aromatic carbocycles. The van der Waals surface area contributed by atoms with Crippen LogP contribution in [0.1, 0.15) is 24.1 Å². The van der Waals surface area contributed by atoms with Gasteiger partial charge in [-0.2, -0.15) is 0 Å². The van der Waals surface area contributed by atoms with Crippen LogP contribution < -0.4 is 5.73 Å². The lowest BCUT2D eigenvalue weighted by molar-refractivity contribution is 0.666. The van der Waals surface area contributed by atoms with Gasteiger partial charge in [0.05, 0.1) is 5.52 Å². The molecule has 16 heavy (non-hydrogen) atoms. The molecule has 3 rings (SSSR count). The summed E-state index contributed by atoms with van der Waals surface area (Å²) in [6, 6.07) is 6.30. The minimum atomic E-state index is 0.236. The highest BCUT2D eigenvalue weighted by atomic mass is 79.9. The van der Waals surface area contributed by atoms with Crippen molar-refractivity contribution < 1.29 is 0 Å². The molecule has 2 N–H and O–H groups in total. The van der Waals surface area contributed by atoms with Crippen molar-refractivity contribution in [1.82, 2.24) is 4.40 Å². The molecule has 84 valence electrons. The fraction of sp³-hybridized carbons (Fsp3) is 0.385. The van der Waals surface area contributed by atoms with Gasteiger partial charge in [-0.25, -0.2) is 0 Å². The second-order valence-electron chi connectivity index (χ2n) is 4.73. The van der Waals surface area contributed by atoms with Crippen LogP contribution in [0, 0.1) is 6.92 Å². The topological polar surface area (TPSA) is 30.4 Å². The van der Waals surface area contributed by atoms with Crippen LogP contribution in [-0.2, 0) is 5.41 Å². The molecule has 1 saturated carbocycles. The Kier molecular flexibility index (Phi) is 2.17. The minimum Gasteiger partial charge on any atom is -0.330 e. The molecule has 2 aromatic heterocycles. The molecule has 0 unspecified atom stereocenters. The first-order valence-electron chi connectivity index (χ1n) is 5.65. The molecule has 2 aromatic rings. The number of hydrogen-bond acceptors (Lipinski definition) is 1. The molecule has 0 radical (unpaired) electrons. The number of fused-ring (bicyclic) bond motifs is 1. The summed E-state index contributed by atoms with van der Waals surface area (Å²) in [5, 5.41) is 0. The smallest absolute Gasteiger partial charge is 0.0598 e. The minimum absolute atomic E-state index is 0.236. The fourth-order valence-electron chi connectivity index (χ4n) is 2.64. The predicted molar refractivity (Wildman–Crippen MR) is 69.8 cm³/mol. The summed E-state index contributed by atoms with van der Waals surface area (Å²) < 4.78 is 3.50. The first-order valence-corrected chi connectivity index (χ1v) is 6.44. The maximum Gasteiger partial charge on any atom is 0.0598 e. The van der Waals surface area contributed by atoms with Crippen molar-refractivity contribution in [1.29, 1.82) is 0 Å². The summed E-state index contributed by atoms with van der Waals surface area (Å²) in [5.41, 5.74) is 10.2. The Bertz CT molecular complexity index is 552. The number of rotatable bonds is 2. The molecule has 0 atom stereocenters. The zero-order valence-electron chi connectivity index (χ0n) is 9.33. The molecular weight excluding hydrogens is 264 g/mol. The van der Waals surface area contributed by atoms with Crippen LogP contribution in [0.2, 0.25) is 0 Å². The van der Waals surface area contributed by atoms with Crippen molar-refractivity contribution in [3.05, 3.63) is 40.1 Å². The van der Waals surface area contributed by atoms with Crippen LogP contribution >= 0.6 is 15.9 Å². The van der Waals surface area contributed by atoms with Crippen LogP contribution in [0.3, 0.4) is 0 Å². The first-order chi connectivity index (χ1) is 7.69. The maximum absolute atomic E-state index is 5.94. The van der Waals surface area contributed by atoms with Crippen molar-refractivity contribution in [3.63, 3.8) is 0 Å². The van der Waals surface area contributed by atoms with Crippen molar-refractivity contribution in [2.45, 2.75) is 25.2 Å². The van der Waals surface area contributed by atoms with Gasteiger partial charge in [0, 0.05) is 28.3 Å². The zero-order chi connectivity index (χ0) is 11.3. The summed E-state index contributed by atoms with van der Waals surface area (Å²) in [6.45, 7) is 2.93. The Morgan fingerprint density at radius 3 is 2.81 bits per heavy atom. The predicted octanol–water partition coefficient (Wildman–Crippen LogP) is 3.00. The first kappa shape index (κ1) is 10.4. The highest BCUT2D eigenvalue weighted by molar-refractivity contribution is 9.10. The largest absolute Gasteiger partial charge is 0.330 e. The zero-order valence-corrected chi connectivity index (χ0v) is 10.9. The number of nitrogens with zero attached hydrogens (tertiary/aromatic N) is 1. The summed E-state index contributed by atoms with van der Waals surface area (Å²) in [5.74, 6) is 0. The summed E-state index contributed by atoms with van der Waals surface area (Å²) in [6.07, 6.45) is 4.58. The maximum atomic E-state index is 5.94. The molecule has 2 heterocycles. The van der Waals surface area contributed by atoms with E-state index in [-0.39, 0.29) is 5.41 Å². The van der Waals surface area contributed by atoms with Gasteiger partial charge in [-0.05, 0) is 53.4 Å². The molecule has 0 spiro atoms. The van der Waals surface area contributed by atoms with E-state index in [1.807, 2.05) is 0 Å². The molecule has 0 amide bonds. The summed E-state index contributed by atoms with van der Waals surface area (Å²) in [4.78, 5) is 0. The third-order valence-electron chi connectivity index (χ3n) is 3.76. The van der Waals surface area contributed by atoms with E-state index < -0.39 is 0 Å². The second-order valence-corrected chi connectivity index (χ2v) is 5.52. The monoisotopic (exact) mass is 278 g/mol. The molecule has 0 saturated heterocycles. The third-order valence-corrected chi connectivity index (χ3v) is 4.76. The molecule has 1 aliphatic carbocycles. The average Bonchev–Trinajstić information content (AvgIpc) is 3.05. The Balaban J connectivity index is 2.36. The lowest BCUT2D eigenvalue weighted by Crippen LogP contribution is -2.22. The number of halogens is 1. The van der Waals surface area contributed by atoms with Crippen molar-refractivity contribution in [2.75, 3.05) is 6.54 Å². The normalized spacial score (nSPS) is 17.9. The Hall–Kier alpha value is -0.800. The highest BCUT2D eigenvalue weighted by Crippen LogP contribution is 2.50. The van der Waals surface area contributed by atoms with Gasteiger partial charge in [0.25, 0.3) is 0 Å². The number of aromatic nitrogens is 1. The number of hydrogen-bond donors (Lipinski definition) is 1. The van der Waals surface area contributed by atoms with Gasteiger partial charge >= 0.3 is 0 Å². The molecule has 1 aliphatic rings. The number of nitrogens with two attached hydrogens (primary N) is 1. The molecule has 0 bridgehead atoms. The van der Waals surface area contributed by atoms with E-state index in [2.05, 4.69) is 51.7 Å². The van der Waals surface area contributed by atoms with E-state index in [1.165, 1.54) is 34.1 Å². The lowest BCUT2D eigenvalue weighted by Gasteiger charge is -2.14. The van der Waals surface area contributed by atoms with E-state index in [0.717, 1.165) is 6.54 Å². The van der Waals surface area contributed by atoms with Crippen LogP contribution in [0.5, 0.6) is 0 Å². The van der Waals surface area contributed by atoms with Gasteiger partial charge in [0.2, 0.25) is 0 Å². The summed E-state index contributed by atoms with van der Waals surface area (Å²) in [7, 11) is 0. The van der Waals surface area contributed by atoms with Crippen LogP contribution in [0.15, 0.2) is 28.9 Å². The van der Waals surface area contributed by atoms with E-state index >= 15 is 0 Å². The molecule has 0 aliphatic heterocycles. The van der Waals surface area contributed by atoms with E-state index in [0.29, 0.717) is 0 Å². The Labute approximate surface area is 104 Å². The van der Waals surface area contributed by atoms with Crippen LogP contribution in [0.4, 0.5) is 0 Å². The second kappa shape index (κ2) is 3.34. The van der Waals surface area contributed by atoms with Gasteiger partial charge in [0.15, 0.2) is 0 Å². The fourth-order valence-corrected chi connectivity index (χ4v) is 3.15. The van der Waals surface area contributed by atoms with Gasteiger partial charge in [-0.15, -0.1) is 0 Å². The van der Waals surface area contributed by atoms with Crippen molar-refractivity contribution >= 4 is 21.4 Å². The molecular formula is C13H15BrN2. The van der Waals surface area contributed by atoms with Crippen molar-refractivity contribution in [3.8, 4) is 0 Å². The molecule has 2 nitrogen and oxygen atoms in total. The Morgan fingerprint density at radius 2 is 2.19 bits per heavy atom. The van der Waals surface area contributed by atoms with E-state index in [1.54, 1.807) is 0 Å². The van der Waals surface area contributed by atoms with Crippen LogP contribution in [0.25, 0.3) is 5.52 Å². The number of pyridine rings is 1. The quantitative estimate of drug-likeness (QED) is 0.900. The molecule has 1 fully saturated rings.